The minimum absolute atomic E-state index is 0.569. The van der Waals surface area contributed by atoms with Crippen molar-refractivity contribution in [3.63, 3.8) is 0 Å². The van der Waals surface area contributed by atoms with Crippen LogP contribution in [0.3, 0.4) is 0 Å². The van der Waals surface area contributed by atoms with Crippen LogP contribution < -0.4 is 0 Å². The molecule has 10 rings (SSSR count). The number of fused-ring (bicyclic) bond motifs is 8. The average Bonchev–Trinajstić information content (AvgIpc) is 3.71. The molecule has 3 heterocycles. The Labute approximate surface area is 275 Å². The first-order valence-electron chi connectivity index (χ1n) is 16.0. The summed E-state index contributed by atoms with van der Waals surface area (Å²) in [6.07, 6.45) is 0. The Kier molecular flexibility index (Phi) is 5.81. The minimum Gasteiger partial charge on any atom is -0.455 e. The fraction of sp³-hybridized carbons (Fsp3) is 0. The average molecular weight is 615 g/mol. The van der Waals surface area contributed by atoms with Crippen LogP contribution in [0.5, 0.6) is 0 Å². The summed E-state index contributed by atoms with van der Waals surface area (Å²) in [7, 11) is 0. The number of benzene rings is 7. The van der Waals surface area contributed by atoms with E-state index in [1.807, 2.05) is 42.5 Å². The summed E-state index contributed by atoms with van der Waals surface area (Å²) in [6.45, 7) is 0. The molecule has 48 heavy (non-hydrogen) atoms. The molecule has 0 aliphatic heterocycles. The van der Waals surface area contributed by atoms with E-state index < -0.39 is 0 Å². The van der Waals surface area contributed by atoms with E-state index in [1.54, 1.807) is 0 Å². The van der Waals surface area contributed by atoms with E-state index in [0.717, 1.165) is 76.9 Å². The number of hydrogen-bond donors (Lipinski definition) is 0. The molecule has 0 saturated carbocycles. The van der Waals surface area contributed by atoms with Crippen molar-refractivity contribution in [1.82, 2.24) is 19.5 Å². The highest BCUT2D eigenvalue weighted by Crippen LogP contribution is 2.42. The van der Waals surface area contributed by atoms with Gasteiger partial charge in [0.15, 0.2) is 17.5 Å². The molecule has 0 aliphatic carbocycles. The molecule has 224 valence electrons. The normalized spacial score (nSPS) is 11.8. The van der Waals surface area contributed by atoms with Crippen LogP contribution >= 0.6 is 0 Å². The first kappa shape index (κ1) is 26.6. The second kappa shape index (κ2) is 10.5. The molecule has 0 bridgehead atoms. The van der Waals surface area contributed by atoms with Gasteiger partial charge in [-0.3, -0.25) is 0 Å². The maximum atomic E-state index is 6.96. The van der Waals surface area contributed by atoms with Gasteiger partial charge in [0.05, 0.1) is 22.0 Å². The lowest BCUT2D eigenvalue weighted by Crippen LogP contribution is -2.00. The summed E-state index contributed by atoms with van der Waals surface area (Å²) in [4.78, 5) is 15.2. The van der Waals surface area contributed by atoms with E-state index in [4.69, 9.17) is 19.4 Å². The second-order valence-corrected chi connectivity index (χ2v) is 12.0. The number of aromatic nitrogens is 4. The van der Waals surface area contributed by atoms with Gasteiger partial charge in [0, 0.05) is 33.0 Å². The van der Waals surface area contributed by atoms with Crippen molar-refractivity contribution in [3.05, 3.63) is 158 Å². The number of furan rings is 1. The molecule has 7 aromatic carbocycles. The van der Waals surface area contributed by atoms with Crippen LogP contribution in [-0.2, 0) is 0 Å². The Morgan fingerprint density at radius 1 is 0.396 bits per heavy atom. The summed E-state index contributed by atoms with van der Waals surface area (Å²) in [5, 5.41) is 6.54. The number of rotatable bonds is 4. The third-order valence-corrected chi connectivity index (χ3v) is 9.25. The zero-order valence-electron chi connectivity index (χ0n) is 25.7. The monoisotopic (exact) mass is 614 g/mol. The number of para-hydroxylation sites is 3. The predicted molar refractivity (Wildman–Crippen MR) is 195 cm³/mol. The Morgan fingerprint density at radius 3 is 1.85 bits per heavy atom. The summed E-state index contributed by atoms with van der Waals surface area (Å²) in [6, 6.07) is 54.3. The number of nitrogens with zero attached hydrogens (tertiary/aromatic N) is 4. The van der Waals surface area contributed by atoms with E-state index in [1.165, 1.54) is 0 Å². The van der Waals surface area contributed by atoms with Gasteiger partial charge in [-0.25, -0.2) is 15.0 Å². The fourth-order valence-corrected chi connectivity index (χ4v) is 7.09. The predicted octanol–water partition coefficient (Wildman–Crippen LogP) is 11.0. The summed E-state index contributed by atoms with van der Waals surface area (Å²) >= 11 is 0. The number of hydrogen-bond acceptors (Lipinski definition) is 4. The fourth-order valence-electron chi connectivity index (χ4n) is 7.09. The molecule has 0 aliphatic rings. The highest BCUT2D eigenvalue weighted by molar-refractivity contribution is 6.24. The molecular formula is C43H26N4O. The standard InChI is InChI=1S/C43H26N4O/c1-3-14-28(15-4-1)41-44-42(33-22-11-16-27-13-7-8-19-30(27)33)46-43(45-41)35-23-12-21-31-32-25-26-37-38(40(32)48-39(31)35)34-20-9-10-24-36(34)47(37)29-17-5-2-6-18-29/h1-26H. The zero-order chi connectivity index (χ0) is 31.6. The lowest BCUT2D eigenvalue weighted by atomic mass is 10.0. The van der Waals surface area contributed by atoms with Crippen LogP contribution in [0.4, 0.5) is 0 Å². The van der Waals surface area contributed by atoms with Crippen LogP contribution in [0.2, 0.25) is 0 Å². The molecule has 0 spiro atoms. The minimum atomic E-state index is 0.569. The van der Waals surface area contributed by atoms with Crippen molar-refractivity contribution < 1.29 is 4.42 Å². The SMILES string of the molecule is c1ccc(-c2nc(-c3cccc4ccccc34)nc(-c3cccc4c3oc3c4ccc4c3c3ccccc3n4-c3ccccc3)n2)cc1. The molecule has 5 nitrogen and oxygen atoms in total. The van der Waals surface area contributed by atoms with Gasteiger partial charge in [0.2, 0.25) is 0 Å². The first-order valence-corrected chi connectivity index (χ1v) is 16.0. The lowest BCUT2D eigenvalue weighted by molar-refractivity contribution is 0.673. The summed E-state index contributed by atoms with van der Waals surface area (Å²) < 4.78 is 9.27. The molecular weight excluding hydrogens is 589 g/mol. The van der Waals surface area contributed by atoms with Gasteiger partial charge >= 0.3 is 0 Å². The maximum Gasteiger partial charge on any atom is 0.167 e. The third-order valence-electron chi connectivity index (χ3n) is 9.25. The van der Waals surface area contributed by atoms with Gasteiger partial charge in [-0.1, -0.05) is 121 Å². The molecule has 0 radical (unpaired) electrons. The van der Waals surface area contributed by atoms with Crippen molar-refractivity contribution >= 4 is 54.5 Å². The van der Waals surface area contributed by atoms with Crippen molar-refractivity contribution in [2.45, 2.75) is 0 Å². The van der Waals surface area contributed by atoms with Crippen LogP contribution in [0.15, 0.2) is 162 Å². The molecule has 0 N–H and O–H groups in total. The summed E-state index contributed by atoms with van der Waals surface area (Å²) in [5.74, 6) is 1.81. The first-order chi connectivity index (χ1) is 23.8. The topological polar surface area (TPSA) is 56.7 Å². The molecule has 5 heteroatoms. The quantitative estimate of drug-likeness (QED) is 0.198. The molecule has 10 aromatic rings. The van der Waals surface area contributed by atoms with Crippen molar-refractivity contribution in [1.29, 1.82) is 0 Å². The van der Waals surface area contributed by atoms with E-state index in [9.17, 15) is 0 Å². The highest BCUT2D eigenvalue weighted by atomic mass is 16.3. The maximum absolute atomic E-state index is 6.96. The Balaban J connectivity index is 1.26. The van der Waals surface area contributed by atoms with Gasteiger partial charge in [-0.15, -0.1) is 0 Å². The molecule has 0 amide bonds. The largest absolute Gasteiger partial charge is 0.455 e. The second-order valence-electron chi connectivity index (χ2n) is 12.0. The van der Waals surface area contributed by atoms with Crippen molar-refractivity contribution in [2.75, 3.05) is 0 Å². The van der Waals surface area contributed by atoms with E-state index in [-0.39, 0.29) is 0 Å². The Hall–Kier alpha value is -6.59. The Bertz CT molecular complexity index is 2830. The van der Waals surface area contributed by atoms with Gasteiger partial charge in [0.25, 0.3) is 0 Å². The van der Waals surface area contributed by atoms with Crippen molar-refractivity contribution in [3.8, 4) is 39.9 Å². The lowest BCUT2D eigenvalue weighted by Gasteiger charge is -2.10. The van der Waals surface area contributed by atoms with Crippen LogP contribution in [-0.4, -0.2) is 19.5 Å². The molecule has 3 aromatic heterocycles. The molecule has 0 atom stereocenters. The molecule has 0 fully saturated rings. The summed E-state index contributed by atoms with van der Waals surface area (Å²) in [5.41, 5.74) is 7.66. The van der Waals surface area contributed by atoms with Gasteiger partial charge in [0.1, 0.15) is 11.2 Å². The zero-order valence-corrected chi connectivity index (χ0v) is 25.7. The van der Waals surface area contributed by atoms with Crippen molar-refractivity contribution in [2.24, 2.45) is 0 Å². The van der Waals surface area contributed by atoms with E-state index in [2.05, 4.69) is 120 Å². The van der Waals surface area contributed by atoms with Gasteiger partial charge in [-0.2, -0.15) is 0 Å². The van der Waals surface area contributed by atoms with E-state index >= 15 is 0 Å². The van der Waals surface area contributed by atoms with Crippen LogP contribution in [0.25, 0.3) is 94.4 Å². The van der Waals surface area contributed by atoms with Crippen LogP contribution in [0.1, 0.15) is 0 Å². The van der Waals surface area contributed by atoms with Crippen LogP contribution in [0, 0.1) is 0 Å². The van der Waals surface area contributed by atoms with Gasteiger partial charge in [-0.05, 0) is 47.2 Å². The Morgan fingerprint density at radius 2 is 1.00 bits per heavy atom. The molecule has 0 unspecified atom stereocenters. The van der Waals surface area contributed by atoms with E-state index in [0.29, 0.717) is 17.5 Å². The third kappa shape index (κ3) is 4.01. The smallest absolute Gasteiger partial charge is 0.167 e. The highest BCUT2D eigenvalue weighted by Gasteiger charge is 2.22. The van der Waals surface area contributed by atoms with Gasteiger partial charge < -0.3 is 8.98 Å². The molecule has 0 saturated heterocycles.